The van der Waals surface area contributed by atoms with E-state index in [1.165, 1.54) is 29.2 Å². The van der Waals surface area contributed by atoms with E-state index >= 15 is 0 Å². The molecule has 21 heavy (non-hydrogen) atoms. The summed E-state index contributed by atoms with van der Waals surface area (Å²) in [6.07, 6.45) is -2.50. The van der Waals surface area contributed by atoms with Crippen LogP contribution >= 0.6 is 0 Å². The molecule has 0 aliphatic rings. The number of ketones is 2. The van der Waals surface area contributed by atoms with Crippen LogP contribution in [0.5, 0.6) is 0 Å². The maximum Gasteiger partial charge on any atom is 0.417 e. The van der Waals surface area contributed by atoms with Crippen molar-refractivity contribution in [1.29, 1.82) is 0 Å². The standard InChI is InChI=1S/C14H11F3N2O2/c1-19-7-11(18-8-19)13(21)6-12(20)9-4-2-3-5-10(9)14(15,16)17/h2-5,7-8H,6H2,1H3. The lowest BCUT2D eigenvalue weighted by atomic mass is 9.99. The number of carbonyl (C=O) groups is 2. The largest absolute Gasteiger partial charge is 0.417 e. The predicted molar refractivity (Wildman–Crippen MR) is 67.9 cm³/mol. The Morgan fingerprint density at radius 3 is 2.43 bits per heavy atom. The number of hydrogen-bond acceptors (Lipinski definition) is 3. The zero-order chi connectivity index (χ0) is 15.6. The van der Waals surface area contributed by atoms with E-state index < -0.39 is 35.3 Å². The molecule has 0 atom stereocenters. The summed E-state index contributed by atoms with van der Waals surface area (Å²) in [4.78, 5) is 27.5. The molecule has 1 heterocycles. The van der Waals surface area contributed by atoms with Crippen molar-refractivity contribution in [2.45, 2.75) is 12.6 Å². The molecule has 1 aromatic carbocycles. The highest BCUT2D eigenvalue weighted by Crippen LogP contribution is 2.32. The van der Waals surface area contributed by atoms with Crippen molar-refractivity contribution in [1.82, 2.24) is 9.55 Å². The summed E-state index contributed by atoms with van der Waals surface area (Å²) in [6, 6.07) is 4.41. The lowest BCUT2D eigenvalue weighted by Crippen LogP contribution is -2.15. The maximum atomic E-state index is 12.8. The molecular formula is C14H11F3N2O2. The van der Waals surface area contributed by atoms with Gasteiger partial charge in [-0.2, -0.15) is 13.2 Å². The van der Waals surface area contributed by atoms with Crippen LogP contribution in [0.15, 0.2) is 36.8 Å². The van der Waals surface area contributed by atoms with E-state index in [4.69, 9.17) is 0 Å². The first-order valence-electron chi connectivity index (χ1n) is 5.99. The van der Waals surface area contributed by atoms with Crippen molar-refractivity contribution < 1.29 is 22.8 Å². The highest BCUT2D eigenvalue weighted by atomic mass is 19.4. The monoisotopic (exact) mass is 296 g/mol. The van der Waals surface area contributed by atoms with Crippen molar-refractivity contribution >= 4 is 11.6 Å². The first-order valence-corrected chi connectivity index (χ1v) is 5.99. The minimum atomic E-state index is -4.64. The predicted octanol–water partition coefficient (Wildman–Crippen LogP) is 2.89. The Morgan fingerprint density at radius 2 is 1.86 bits per heavy atom. The number of rotatable bonds is 4. The molecule has 0 unspecified atom stereocenters. The average Bonchev–Trinajstić information content (AvgIpc) is 2.84. The Bertz CT molecular complexity index is 690. The van der Waals surface area contributed by atoms with Crippen LogP contribution in [-0.2, 0) is 13.2 Å². The normalized spacial score (nSPS) is 11.4. The van der Waals surface area contributed by atoms with Crippen molar-refractivity contribution in [2.75, 3.05) is 0 Å². The van der Waals surface area contributed by atoms with Crippen LogP contribution in [0.3, 0.4) is 0 Å². The molecule has 4 nitrogen and oxygen atoms in total. The molecule has 0 saturated heterocycles. The van der Waals surface area contributed by atoms with Crippen LogP contribution in [0.1, 0.15) is 32.8 Å². The molecule has 2 aromatic rings. The second-order valence-electron chi connectivity index (χ2n) is 4.49. The second kappa shape index (κ2) is 5.51. The third-order valence-electron chi connectivity index (χ3n) is 2.84. The lowest BCUT2D eigenvalue weighted by Gasteiger charge is -2.11. The van der Waals surface area contributed by atoms with Gasteiger partial charge in [-0.1, -0.05) is 18.2 Å². The van der Waals surface area contributed by atoms with Crippen LogP contribution in [-0.4, -0.2) is 21.1 Å². The fraction of sp³-hybridized carbons (Fsp3) is 0.214. The number of aromatic nitrogens is 2. The number of halogens is 3. The van der Waals surface area contributed by atoms with Gasteiger partial charge in [0.05, 0.1) is 18.3 Å². The number of Topliss-reactive ketones (excluding diaryl/α,β-unsaturated/α-hetero) is 2. The molecule has 0 spiro atoms. The number of hydrogen-bond donors (Lipinski definition) is 0. The summed E-state index contributed by atoms with van der Waals surface area (Å²) in [5.41, 5.74) is -1.49. The van der Waals surface area contributed by atoms with E-state index in [2.05, 4.69) is 4.98 Å². The van der Waals surface area contributed by atoms with E-state index in [9.17, 15) is 22.8 Å². The van der Waals surface area contributed by atoms with Crippen LogP contribution in [0, 0.1) is 0 Å². The Morgan fingerprint density at radius 1 is 1.19 bits per heavy atom. The quantitative estimate of drug-likeness (QED) is 0.644. The fourth-order valence-electron chi connectivity index (χ4n) is 1.86. The highest BCUT2D eigenvalue weighted by Gasteiger charge is 2.35. The molecule has 0 radical (unpaired) electrons. The Hall–Kier alpha value is -2.44. The number of aryl methyl sites for hydroxylation is 1. The summed E-state index contributed by atoms with van der Waals surface area (Å²) in [5.74, 6) is -1.49. The van der Waals surface area contributed by atoms with Crippen molar-refractivity contribution in [3.63, 3.8) is 0 Å². The Kier molecular flexibility index (Phi) is 3.93. The molecular weight excluding hydrogens is 285 g/mol. The van der Waals surface area contributed by atoms with Gasteiger partial charge in [-0.25, -0.2) is 4.98 Å². The minimum Gasteiger partial charge on any atom is -0.340 e. The molecule has 0 aliphatic heterocycles. The topological polar surface area (TPSA) is 52.0 Å². The number of imidazole rings is 1. The van der Waals surface area contributed by atoms with Gasteiger partial charge in [-0.3, -0.25) is 9.59 Å². The van der Waals surface area contributed by atoms with E-state index in [0.29, 0.717) is 0 Å². The number of carbonyl (C=O) groups excluding carboxylic acids is 2. The van der Waals surface area contributed by atoms with Gasteiger partial charge in [0.15, 0.2) is 11.6 Å². The minimum absolute atomic E-state index is 0.0512. The van der Waals surface area contributed by atoms with E-state index in [-0.39, 0.29) is 5.69 Å². The van der Waals surface area contributed by atoms with Gasteiger partial charge in [0, 0.05) is 18.8 Å². The third-order valence-corrected chi connectivity index (χ3v) is 2.84. The zero-order valence-electron chi connectivity index (χ0n) is 11.0. The molecule has 1 aromatic heterocycles. The number of benzene rings is 1. The maximum absolute atomic E-state index is 12.8. The molecule has 0 amide bonds. The SMILES string of the molecule is Cn1cnc(C(=O)CC(=O)c2ccccc2C(F)(F)F)c1. The van der Waals surface area contributed by atoms with E-state index in [1.54, 1.807) is 7.05 Å². The fourth-order valence-corrected chi connectivity index (χ4v) is 1.86. The number of alkyl halides is 3. The van der Waals surface area contributed by atoms with Crippen LogP contribution in [0.2, 0.25) is 0 Å². The molecule has 0 fully saturated rings. The highest BCUT2D eigenvalue weighted by molar-refractivity contribution is 6.13. The molecule has 7 heteroatoms. The Balaban J connectivity index is 2.24. The van der Waals surface area contributed by atoms with Gasteiger partial charge in [0.1, 0.15) is 5.69 Å². The van der Waals surface area contributed by atoms with Gasteiger partial charge in [0.2, 0.25) is 0 Å². The first kappa shape index (κ1) is 15.0. The zero-order valence-corrected chi connectivity index (χ0v) is 11.0. The van der Waals surface area contributed by atoms with Crippen molar-refractivity contribution in [3.05, 3.63) is 53.6 Å². The summed E-state index contributed by atoms with van der Waals surface area (Å²) in [5, 5.41) is 0. The summed E-state index contributed by atoms with van der Waals surface area (Å²) >= 11 is 0. The third kappa shape index (κ3) is 3.36. The average molecular weight is 296 g/mol. The van der Waals surface area contributed by atoms with Gasteiger partial charge in [-0.05, 0) is 6.07 Å². The second-order valence-corrected chi connectivity index (χ2v) is 4.49. The molecule has 110 valence electrons. The van der Waals surface area contributed by atoms with Crippen molar-refractivity contribution in [2.24, 2.45) is 7.05 Å². The molecule has 0 N–H and O–H groups in total. The van der Waals surface area contributed by atoms with Crippen LogP contribution < -0.4 is 0 Å². The summed E-state index contributed by atoms with van der Waals surface area (Å²) in [7, 11) is 1.64. The molecule has 0 bridgehead atoms. The molecule has 0 aliphatic carbocycles. The van der Waals surface area contributed by atoms with Crippen LogP contribution in [0.4, 0.5) is 13.2 Å². The summed E-state index contributed by atoms with van der Waals surface area (Å²) in [6.45, 7) is 0. The van der Waals surface area contributed by atoms with E-state index in [0.717, 1.165) is 12.1 Å². The lowest BCUT2D eigenvalue weighted by molar-refractivity contribution is -0.137. The van der Waals surface area contributed by atoms with Gasteiger partial charge < -0.3 is 4.57 Å². The van der Waals surface area contributed by atoms with Crippen LogP contribution in [0.25, 0.3) is 0 Å². The molecule has 2 rings (SSSR count). The van der Waals surface area contributed by atoms with Crippen molar-refractivity contribution in [3.8, 4) is 0 Å². The molecule has 0 saturated carbocycles. The summed E-state index contributed by atoms with van der Waals surface area (Å²) < 4.78 is 40.0. The number of nitrogens with zero attached hydrogens (tertiary/aromatic N) is 2. The first-order chi connectivity index (χ1) is 9.79. The Labute approximate surface area is 118 Å². The smallest absolute Gasteiger partial charge is 0.340 e. The van der Waals surface area contributed by atoms with E-state index in [1.807, 2.05) is 0 Å². The van der Waals surface area contributed by atoms with Gasteiger partial charge in [0.25, 0.3) is 0 Å². The van der Waals surface area contributed by atoms with Gasteiger partial charge >= 0.3 is 6.18 Å². The van der Waals surface area contributed by atoms with Gasteiger partial charge in [-0.15, -0.1) is 0 Å².